The lowest BCUT2D eigenvalue weighted by molar-refractivity contribution is 0.0850. The largest absolute Gasteiger partial charge is 0.376 e. The van der Waals surface area contributed by atoms with Gasteiger partial charge in [0.05, 0.1) is 6.54 Å². The standard InChI is InChI=1S/C20H20N4OS2/c21-20(26)24(19(25)16-7-2-1-3-8-16)13-12-23(15-17-9-6-14-27-17)18-10-4-5-11-22-18/h1-11,14H,12-13,15H2,(H2,21,26). The monoisotopic (exact) mass is 396 g/mol. The number of amides is 1. The molecule has 3 rings (SSSR count). The van der Waals surface area contributed by atoms with Gasteiger partial charge in [-0.05, 0) is 47.9 Å². The molecule has 2 N–H and O–H groups in total. The lowest BCUT2D eigenvalue weighted by Crippen LogP contribution is -2.45. The number of thiophene rings is 1. The summed E-state index contributed by atoms with van der Waals surface area (Å²) < 4.78 is 0. The molecule has 0 aliphatic heterocycles. The first-order valence-corrected chi connectivity index (χ1v) is 9.78. The molecule has 27 heavy (non-hydrogen) atoms. The predicted molar refractivity (Wildman–Crippen MR) is 114 cm³/mol. The molecular weight excluding hydrogens is 376 g/mol. The zero-order valence-corrected chi connectivity index (χ0v) is 16.3. The van der Waals surface area contributed by atoms with Gasteiger partial charge in [0, 0.05) is 29.7 Å². The van der Waals surface area contributed by atoms with Crippen LogP contribution in [0.15, 0.2) is 72.2 Å². The van der Waals surface area contributed by atoms with Crippen LogP contribution in [0.1, 0.15) is 15.2 Å². The highest BCUT2D eigenvalue weighted by Crippen LogP contribution is 2.17. The van der Waals surface area contributed by atoms with Crippen molar-refractivity contribution in [2.75, 3.05) is 18.0 Å². The van der Waals surface area contributed by atoms with Crippen molar-refractivity contribution in [1.29, 1.82) is 0 Å². The van der Waals surface area contributed by atoms with Crippen LogP contribution >= 0.6 is 23.6 Å². The Morgan fingerprint density at radius 1 is 1.04 bits per heavy atom. The second-order valence-corrected chi connectivity index (χ2v) is 7.30. The molecule has 0 spiro atoms. The van der Waals surface area contributed by atoms with Gasteiger partial charge in [-0.15, -0.1) is 11.3 Å². The molecule has 0 unspecified atom stereocenters. The molecule has 2 aromatic heterocycles. The number of thiocarbonyl (C=S) groups is 1. The van der Waals surface area contributed by atoms with Crippen LogP contribution in [-0.4, -0.2) is 34.0 Å². The van der Waals surface area contributed by atoms with Gasteiger partial charge < -0.3 is 10.6 Å². The van der Waals surface area contributed by atoms with Crippen molar-refractivity contribution < 1.29 is 4.79 Å². The summed E-state index contributed by atoms with van der Waals surface area (Å²) in [7, 11) is 0. The number of rotatable bonds is 7. The average Bonchev–Trinajstić information content (AvgIpc) is 3.21. The van der Waals surface area contributed by atoms with E-state index in [4.69, 9.17) is 18.0 Å². The number of nitrogens with zero attached hydrogens (tertiary/aromatic N) is 3. The van der Waals surface area contributed by atoms with Crippen LogP contribution in [-0.2, 0) is 6.54 Å². The molecular formula is C20H20N4OS2. The van der Waals surface area contributed by atoms with Crippen molar-refractivity contribution in [2.45, 2.75) is 6.54 Å². The number of benzene rings is 1. The molecule has 0 saturated carbocycles. The maximum absolute atomic E-state index is 12.8. The maximum atomic E-state index is 12.8. The fourth-order valence-corrected chi connectivity index (χ4v) is 3.57. The zero-order valence-electron chi connectivity index (χ0n) is 14.7. The van der Waals surface area contributed by atoms with Crippen molar-refractivity contribution in [1.82, 2.24) is 9.88 Å². The fourth-order valence-electron chi connectivity index (χ4n) is 2.68. The van der Waals surface area contributed by atoms with Gasteiger partial charge in [-0.25, -0.2) is 4.98 Å². The Hall–Kier alpha value is -2.77. The Kier molecular flexibility index (Phi) is 6.51. The highest BCUT2D eigenvalue weighted by atomic mass is 32.1. The molecule has 2 heterocycles. The van der Waals surface area contributed by atoms with Crippen LogP contribution in [0, 0.1) is 0 Å². The van der Waals surface area contributed by atoms with E-state index in [-0.39, 0.29) is 11.0 Å². The Labute approximate surface area is 168 Å². The molecule has 1 aromatic carbocycles. The quantitative estimate of drug-likeness (QED) is 0.619. The minimum absolute atomic E-state index is 0.0703. The Morgan fingerprint density at radius 2 is 1.81 bits per heavy atom. The van der Waals surface area contributed by atoms with Gasteiger partial charge in [0.2, 0.25) is 0 Å². The first-order chi connectivity index (χ1) is 13.1. The van der Waals surface area contributed by atoms with Crippen LogP contribution in [0.5, 0.6) is 0 Å². The first kappa shape index (κ1) is 19.0. The zero-order chi connectivity index (χ0) is 19.1. The summed E-state index contributed by atoms with van der Waals surface area (Å²) in [6.07, 6.45) is 1.76. The van der Waals surface area contributed by atoms with E-state index in [1.165, 1.54) is 9.78 Å². The van der Waals surface area contributed by atoms with Crippen LogP contribution in [0.3, 0.4) is 0 Å². The first-order valence-electron chi connectivity index (χ1n) is 8.50. The summed E-state index contributed by atoms with van der Waals surface area (Å²) in [6, 6.07) is 18.9. The lowest BCUT2D eigenvalue weighted by atomic mass is 10.2. The summed E-state index contributed by atoms with van der Waals surface area (Å²) >= 11 is 6.82. The third kappa shape index (κ3) is 5.12. The minimum atomic E-state index is -0.194. The number of hydrogen-bond acceptors (Lipinski definition) is 5. The highest BCUT2D eigenvalue weighted by Gasteiger charge is 2.20. The molecule has 5 nitrogen and oxygen atoms in total. The molecule has 0 saturated heterocycles. The lowest BCUT2D eigenvalue weighted by Gasteiger charge is -2.27. The summed E-state index contributed by atoms with van der Waals surface area (Å²) in [5.41, 5.74) is 6.40. The molecule has 138 valence electrons. The number of carbonyl (C=O) groups excluding carboxylic acids is 1. The van der Waals surface area contributed by atoms with Gasteiger partial charge in [-0.2, -0.15) is 0 Å². The van der Waals surface area contributed by atoms with E-state index in [0.29, 0.717) is 25.2 Å². The third-order valence-electron chi connectivity index (χ3n) is 4.03. The number of aromatic nitrogens is 1. The van der Waals surface area contributed by atoms with Gasteiger partial charge in [-0.1, -0.05) is 30.3 Å². The van der Waals surface area contributed by atoms with Gasteiger partial charge >= 0.3 is 0 Å². The molecule has 0 atom stereocenters. The Balaban J connectivity index is 1.76. The van der Waals surface area contributed by atoms with Gasteiger partial charge in [-0.3, -0.25) is 9.69 Å². The molecule has 0 bridgehead atoms. The van der Waals surface area contributed by atoms with Crippen LogP contribution in [0.2, 0.25) is 0 Å². The van der Waals surface area contributed by atoms with Gasteiger partial charge in [0.15, 0.2) is 5.11 Å². The SMILES string of the molecule is NC(=S)N(CCN(Cc1cccs1)c1ccccn1)C(=O)c1ccccc1. The average molecular weight is 397 g/mol. The minimum Gasteiger partial charge on any atom is -0.376 e. The highest BCUT2D eigenvalue weighted by molar-refractivity contribution is 7.80. The summed E-state index contributed by atoms with van der Waals surface area (Å²) in [6.45, 7) is 1.65. The van der Waals surface area contributed by atoms with Crippen molar-refractivity contribution >= 4 is 40.4 Å². The second kappa shape index (κ2) is 9.25. The summed E-state index contributed by atoms with van der Waals surface area (Å²) in [5.74, 6) is 0.654. The molecule has 3 aromatic rings. The summed E-state index contributed by atoms with van der Waals surface area (Å²) in [4.78, 5) is 22.0. The van der Waals surface area contributed by atoms with Gasteiger partial charge in [0.1, 0.15) is 5.82 Å². The molecule has 1 amide bonds. The molecule has 0 aliphatic rings. The van der Waals surface area contributed by atoms with E-state index >= 15 is 0 Å². The molecule has 0 radical (unpaired) electrons. The number of carbonyl (C=O) groups is 1. The smallest absolute Gasteiger partial charge is 0.260 e. The van der Waals surface area contributed by atoms with Gasteiger partial charge in [0.25, 0.3) is 5.91 Å². The fraction of sp³-hybridized carbons (Fsp3) is 0.150. The van der Waals surface area contributed by atoms with Crippen molar-refractivity contribution in [2.24, 2.45) is 5.73 Å². The number of hydrogen-bond donors (Lipinski definition) is 1. The van der Waals surface area contributed by atoms with E-state index in [2.05, 4.69) is 16.0 Å². The number of nitrogens with two attached hydrogens (primary N) is 1. The van der Waals surface area contributed by atoms with E-state index in [1.54, 1.807) is 29.7 Å². The normalized spacial score (nSPS) is 10.4. The van der Waals surface area contributed by atoms with E-state index in [0.717, 1.165) is 5.82 Å². The Morgan fingerprint density at radius 3 is 2.44 bits per heavy atom. The topological polar surface area (TPSA) is 62.5 Å². The van der Waals surface area contributed by atoms with E-state index in [1.807, 2.05) is 47.8 Å². The maximum Gasteiger partial charge on any atom is 0.260 e. The van der Waals surface area contributed by atoms with Crippen molar-refractivity contribution in [3.05, 3.63) is 82.7 Å². The molecule has 7 heteroatoms. The van der Waals surface area contributed by atoms with E-state index < -0.39 is 0 Å². The third-order valence-corrected chi connectivity index (χ3v) is 5.11. The van der Waals surface area contributed by atoms with Crippen molar-refractivity contribution in [3.8, 4) is 0 Å². The predicted octanol–water partition coefficient (Wildman–Crippen LogP) is 3.54. The number of pyridine rings is 1. The Bertz CT molecular complexity index is 870. The molecule has 0 aliphatic carbocycles. The summed E-state index contributed by atoms with van der Waals surface area (Å²) in [5, 5.41) is 2.12. The molecule has 0 fully saturated rings. The van der Waals surface area contributed by atoms with E-state index in [9.17, 15) is 4.79 Å². The number of anilines is 1. The second-order valence-electron chi connectivity index (χ2n) is 5.85. The van der Waals surface area contributed by atoms with Crippen LogP contribution < -0.4 is 10.6 Å². The van der Waals surface area contributed by atoms with Crippen LogP contribution in [0.4, 0.5) is 5.82 Å². The van der Waals surface area contributed by atoms with Crippen LogP contribution in [0.25, 0.3) is 0 Å². The van der Waals surface area contributed by atoms with Crippen molar-refractivity contribution in [3.63, 3.8) is 0 Å².